The molecule has 1 aliphatic heterocycles. The standard InChI is InChI=1S/C33H41Cl2N3O3/c1-32(2,3)20-28-33(36,23-11-13-24(34)14-12-23)29(22-8-7-9-25(35)19-22)30(37-28)31(39)38(4)17-16-21-10-15-26(40-5)27(18-21)41-6/h7-15,18-19,28-30,37H,16-17,20,36H2,1-6H3. The Bertz CT molecular complexity index is 1360. The van der Waals surface area contributed by atoms with E-state index in [9.17, 15) is 4.79 Å². The van der Waals surface area contributed by atoms with Gasteiger partial charge in [0, 0.05) is 35.6 Å². The van der Waals surface area contributed by atoms with Crippen molar-refractivity contribution in [3.8, 4) is 11.5 Å². The molecule has 1 aliphatic rings. The van der Waals surface area contributed by atoms with Crippen molar-refractivity contribution < 1.29 is 14.3 Å². The first-order chi connectivity index (χ1) is 19.4. The number of hydrogen-bond donors (Lipinski definition) is 2. The van der Waals surface area contributed by atoms with Crippen molar-refractivity contribution in [2.45, 2.75) is 57.2 Å². The van der Waals surface area contributed by atoms with Gasteiger partial charge in [0.2, 0.25) is 5.91 Å². The summed E-state index contributed by atoms with van der Waals surface area (Å²) >= 11 is 12.8. The summed E-state index contributed by atoms with van der Waals surface area (Å²) in [7, 11) is 5.08. The van der Waals surface area contributed by atoms with Crippen LogP contribution in [0.15, 0.2) is 66.7 Å². The van der Waals surface area contributed by atoms with Crippen molar-refractivity contribution in [3.63, 3.8) is 0 Å². The molecule has 4 atom stereocenters. The molecule has 0 radical (unpaired) electrons. The lowest BCUT2D eigenvalue weighted by Gasteiger charge is -2.40. The molecule has 3 N–H and O–H groups in total. The van der Waals surface area contributed by atoms with Gasteiger partial charge in [0.1, 0.15) is 0 Å². The van der Waals surface area contributed by atoms with E-state index >= 15 is 0 Å². The van der Waals surface area contributed by atoms with Crippen LogP contribution >= 0.6 is 23.2 Å². The third-order valence-corrected chi connectivity index (χ3v) is 8.49. The van der Waals surface area contributed by atoms with E-state index in [1.165, 1.54) is 0 Å². The monoisotopic (exact) mass is 597 g/mol. The van der Waals surface area contributed by atoms with Crippen molar-refractivity contribution in [2.24, 2.45) is 11.1 Å². The van der Waals surface area contributed by atoms with Gasteiger partial charge in [-0.3, -0.25) is 4.79 Å². The van der Waals surface area contributed by atoms with Gasteiger partial charge in [0.15, 0.2) is 11.5 Å². The number of amides is 1. The Kier molecular flexibility index (Phi) is 9.59. The van der Waals surface area contributed by atoms with E-state index in [0.29, 0.717) is 34.5 Å². The number of nitrogens with one attached hydrogen (secondary N) is 1. The Morgan fingerprint density at radius 3 is 2.27 bits per heavy atom. The van der Waals surface area contributed by atoms with Crippen LogP contribution < -0.4 is 20.5 Å². The van der Waals surface area contributed by atoms with E-state index in [2.05, 4.69) is 26.1 Å². The summed E-state index contributed by atoms with van der Waals surface area (Å²) in [5.41, 5.74) is 9.48. The number of methoxy groups -OCH3 is 2. The van der Waals surface area contributed by atoms with Crippen LogP contribution in [-0.2, 0) is 16.8 Å². The minimum atomic E-state index is -0.896. The molecule has 8 heteroatoms. The third kappa shape index (κ3) is 6.83. The van der Waals surface area contributed by atoms with E-state index < -0.39 is 11.6 Å². The van der Waals surface area contributed by atoms with E-state index in [4.69, 9.17) is 38.4 Å². The first kappa shape index (κ1) is 31.2. The lowest BCUT2D eigenvalue weighted by atomic mass is 9.68. The zero-order chi connectivity index (χ0) is 29.9. The molecule has 41 heavy (non-hydrogen) atoms. The Labute approximate surface area is 254 Å². The molecular weight excluding hydrogens is 557 g/mol. The molecule has 1 amide bonds. The molecule has 0 aromatic heterocycles. The summed E-state index contributed by atoms with van der Waals surface area (Å²) in [6, 6.07) is 20.5. The molecule has 0 bridgehead atoms. The maximum atomic E-state index is 14.3. The van der Waals surface area contributed by atoms with Crippen molar-refractivity contribution in [3.05, 3.63) is 93.5 Å². The number of benzene rings is 3. The summed E-state index contributed by atoms with van der Waals surface area (Å²) < 4.78 is 10.8. The van der Waals surface area contributed by atoms with E-state index in [0.717, 1.165) is 23.1 Å². The predicted molar refractivity (Wildman–Crippen MR) is 167 cm³/mol. The Balaban J connectivity index is 1.70. The second-order valence-electron chi connectivity index (χ2n) is 12.1. The lowest BCUT2D eigenvalue weighted by molar-refractivity contribution is -0.132. The highest BCUT2D eigenvalue weighted by Gasteiger charge is 2.57. The number of halogens is 2. The average Bonchev–Trinajstić information content (AvgIpc) is 3.22. The van der Waals surface area contributed by atoms with Crippen LogP contribution in [0.3, 0.4) is 0 Å². The first-order valence-corrected chi connectivity index (χ1v) is 14.6. The number of likely N-dealkylation sites (N-methyl/N-ethyl adjacent to an activating group) is 1. The molecular formula is C33H41Cl2N3O3. The third-order valence-electron chi connectivity index (χ3n) is 8.00. The number of nitrogens with zero attached hydrogens (tertiary/aromatic N) is 1. The molecule has 220 valence electrons. The van der Waals surface area contributed by atoms with Crippen molar-refractivity contribution in [2.75, 3.05) is 27.8 Å². The Morgan fingerprint density at radius 1 is 0.976 bits per heavy atom. The number of ether oxygens (including phenoxy) is 2. The second-order valence-corrected chi connectivity index (χ2v) is 13.0. The Morgan fingerprint density at radius 2 is 1.66 bits per heavy atom. The number of rotatable bonds is 9. The quantitative estimate of drug-likeness (QED) is 0.297. The summed E-state index contributed by atoms with van der Waals surface area (Å²) in [5, 5.41) is 4.94. The molecule has 0 spiro atoms. The van der Waals surface area contributed by atoms with Gasteiger partial charge in [0.05, 0.1) is 25.8 Å². The topological polar surface area (TPSA) is 76.8 Å². The molecule has 3 aromatic carbocycles. The van der Waals surface area contributed by atoms with Crippen LogP contribution in [-0.4, -0.2) is 50.7 Å². The molecule has 0 saturated carbocycles. The minimum absolute atomic E-state index is 0.0179. The minimum Gasteiger partial charge on any atom is -0.493 e. The van der Waals surface area contributed by atoms with E-state index in [1.807, 2.05) is 73.8 Å². The first-order valence-electron chi connectivity index (χ1n) is 13.9. The van der Waals surface area contributed by atoms with Gasteiger partial charge in [-0.05, 0) is 71.3 Å². The number of nitrogens with two attached hydrogens (primary N) is 1. The van der Waals surface area contributed by atoms with Crippen molar-refractivity contribution >= 4 is 29.1 Å². The smallest absolute Gasteiger partial charge is 0.240 e. The molecule has 1 fully saturated rings. The highest BCUT2D eigenvalue weighted by Crippen LogP contribution is 2.48. The van der Waals surface area contributed by atoms with Crippen molar-refractivity contribution in [1.82, 2.24) is 10.2 Å². The fourth-order valence-corrected chi connectivity index (χ4v) is 6.29. The Hall–Kier alpha value is -2.77. The van der Waals surface area contributed by atoms with Crippen LogP contribution in [0.4, 0.5) is 0 Å². The fourth-order valence-electron chi connectivity index (χ4n) is 5.97. The number of carbonyl (C=O) groups excluding carboxylic acids is 1. The van der Waals surface area contributed by atoms with Gasteiger partial charge in [0.25, 0.3) is 0 Å². The summed E-state index contributed by atoms with van der Waals surface area (Å²) in [5.74, 6) is 0.950. The molecule has 1 saturated heterocycles. The largest absolute Gasteiger partial charge is 0.493 e. The maximum Gasteiger partial charge on any atom is 0.240 e. The molecule has 0 aliphatic carbocycles. The zero-order valence-corrected chi connectivity index (χ0v) is 26.2. The molecule has 6 nitrogen and oxygen atoms in total. The van der Waals surface area contributed by atoms with Crippen LogP contribution in [0, 0.1) is 5.41 Å². The van der Waals surface area contributed by atoms with Gasteiger partial charge in [-0.1, -0.05) is 74.3 Å². The van der Waals surface area contributed by atoms with Gasteiger partial charge >= 0.3 is 0 Å². The number of hydrogen-bond acceptors (Lipinski definition) is 5. The molecule has 1 heterocycles. The SMILES string of the molecule is COc1ccc(CCN(C)C(=O)C2NC(CC(C)(C)C)C(N)(c3ccc(Cl)cc3)C2c2cccc(Cl)c2)cc1OC. The molecule has 4 unspecified atom stereocenters. The molecule has 3 aromatic rings. The van der Waals surface area contributed by atoms with Crippen LogP contribution in [0.1, 0.15) is 49.8 Å². The highest BCUT2D eigenvalue weighted by atomic mass is 35.5. The highest BCUT2D eigenvalue weighted by molar-refractivity contribution is 6.30. The summed E-state index contributed by atoms with van der Waals surface area (Å²) in [4.78, 5) is 16.0. The van der Waals surface area contributed by atoms with Crippen molar-refractivity contribution in [1.29, 1.82) is 0 Å². The van der Waals surface area contributed by atoms with Gasteiger partial charge in [-0.2, -0.15) is 0 Å². The van der Waals surface area contributed by atoms with Gasteiger partial charge in [-0.25, -0.2) is 0 Å². The van der Waals surface area contributed by atoms with E-state index in [-0.39, 0.29) is 23.3 Å². The number of carbonyl (C=O) groups is 1. The second kappa shape index (κ2) is 12.6. The van der Waals surface area contributed by atoms with Crippen LogP contribution in [0.2, 0.25) is 10.0 Å². The average molecular weight is 599 g/mol. The van der Waals surface area contributed by atoms with Crippen LogP contribution in [0.5, 0.6) is 11.5 Å². The predicted octanol–water partition coefficient (Wildman–Crippen LogP) is 6.43. The van der Waals surface area contributed by atoms with E-state index in [1.54, 1.807) is 19.1 Å². The summed E-state index contributed by atoms with van der Waals surface area (Å²) in [6.07, 6.45) is 1.43. The molecule has 4 rings (SSSR count). The zero-order valence-electron chi connectivity index (χ0n) is 24.7. The van der Waals surface area contributed by atoms with Gasteiger partial charge in [-0.15, -0.1) is 0 Å². The van der Waals surface area contributed by atoms with Crippen LogP contribution in [0.25, 0.3) is 0 Å². The lowest BCUT2D eigenvalue weighted by Crippen LogP contribution is -2.51. The fraction of sp³-hybridized carbons (Fsp3) is 0.424. The maximum absolute atomic E-state index is 14.3. The normalized spacial score (nSPS) is 22.4. The summed E-state index contributed by atoms with van der Waals surface area (Å²) in [6.45, 7) is 7.10. The van der Waals surface area contributed by atoms with Gasteiger partial charge < -0.3 is 25.4 Å².